The fraction of sp³-hybridized carbons (Fsp3) is 0.312. The van der Waals surface area contributed by atoms with Crippen molar-refractivity contribution in [3.8, 4) is 23.0 Å². The summed E-state index contributed by atoms with van der Waals surface area (Å²) in [6.07, 6.45) is 0.255. The van der Waals surface area contributed by atoms with Crippen LogP contribution in [-0.2, 0) is 9.59 Å². The molecule has 214 valence electrons. The summed E-state index contributed by atoms with van der Waals surface area (Å²) in [4.78, 5) is 82.2. The van der Waals surface area contributed by atoms with Gasteiger partial charge in [0.15, 0.2) is 23.1 Å². The van der Waals surface area contributed by atoms with Crippen molar-refractivity contribution in [2.45, 2.75) is 25.7 Å². The fourth-order valence-electron chi connectivity index (χ4n) is 6.75. The highest BCUT2D eigenvalue weighted by Crippen LogP contribution is 2.50. The summed E-state index contributed by atoms with van der Waals surface area (Å²) >= 11 is 0. The van der Waals surface area contributed by atoms with Crippen molar-refractivity contribution in [3.63, 3.8) is 0 Å². The van der Waals surface area contributed by atoms with Gasteiger partial charge in [0.05, 0.1) is 50.7 Å². The molecule has 10 nitrogen and oxygen atoms in total. The van der Waals surface area contributed by atoms with Crippen LogP contribution in [0.2, 0.25) is 0 Å². The average Bonchev–Trinajstić information content (AvgIpc) is 3.00. The third-order valence-corrected chi connectivity index (χ3v) is 8.64. The second kappa shape index (κ2) is 9.90. The van der Waals surface area contributed by atoms with Crippen LogP contribution in [0.4, 0.5) is 0 Å². The molecule has 2 aromatic carbocycles. The van der Waals surface area contributed by atoms with Crippen LogP contribution in [0.15, 0.2) is 46.6 Å². The third kappa shape index (κ3) is 3.71. The van der Waals surface area contributed by atoms with Gasteiger partial charge in [0, 0.05) is 47.2 Å². The lowest BCUT2D eigenvalue weighted by Crippen LogP contribution is -2.41. The van der Waals surface area contributed by atoms with E-state index in [1.165, 1.54) is 52.7 Å². The summed E-state index contributed by atoms with van der Waals surface area (Å²) in [6.45, 7) is 0. The van der Waals surface area contributed by atoms with Crippen molar-refractivity contribution in [3.05, 3.63) is 68.8 Å². The molecule has 4 aliphatic carbocycles. The van der Waals surface area contributed by atoms with Crippen LogP contribution in [0, 0.1) is 11.8 Å². The van der Waals surface area contributed by atoms with Crippen molar-refractivity contribution < 1.29 is 47.7 Å². The van der Waals surface area contributed by atoms with Gasteiger partial charge < -0.3 is 18.9 Å². The van der Waals surface area contributed by atoms with Gasteiger partial charge in [-0.05, 0) is 36.8 Å². The van der Waals surface area contributed by atoms with Crippen molar-refractivity contribution in [2.75, 3.05) is 28.4 Å². The first kappa shape index (κ1) is 27.3. The minimum absolute atomic E-state index is 0.000441. The zero-order valence-electron chi connectivity index (χ0n) is 23.4. The Bertz CT molecular complexity index is 1610. The first-order chi connectivity index (χ1) is 20.2. The van der Waals surface area contributed by atoms with Gasteiger partial charge in [0.2, 0.25) is 11.6 Å². The lowest BCUT2D eigenvalue weighted by Gasteiger charge is -2.39. The van der Waals surface area contributed by atoms with Crippen molar-refractivity contribution in [1.29, 1.82) is 0 Å². The number of allylic oxidation sites excluding steroid dienone is 4. The topological polar surface area (TPSA) is 139 Å². The van der Waals surface area contributed by atoms with Crippen LogP contribution in [0.25, 0.3) is 0 Å². The Balaban J connectivity index is 1.54. The van der Waals surface area contributed by atoms with E-state index in [4.69, 9.17) is 18.9 Å². The second-order valence-electron chi connectivity index (χ2n) is 10.5. The number of hydrogen-bond acceptors (Lipinski definition) is 10. The number of fused-ring (bicyclic) bond motifs is 2. The molecule has 0 fully saturated rings. The molecule has 2 aromatic rings. The van der Waals surface area contributed by atoms with Crippen LogP contribution in [0.3, 0.4) is 0 Å². The molecule has 10 heteroatoms. The van der Waals surface area contributed by atoms with E-state index >= 15 is 0 Å². The number of hydrogen-bond donors (Lipinski definition) is 0. The van der Waals surface area contributed by atoms with Gasteiger partial charge in [-0.2, -0.15) is 0 Å². The summed E-state index contributed by atoms with van der Waals surface area (Å²) in [6, 6.07) is 5.79. The first-order valence-electron chi connectivity index (χ1n) is 13.4. The van der Waals surface area contributed by atoms with E-state index in [0.717, 1.165) is 0 Å². The number of rotatable bonds is 5. The maximum Gasteiger partial charge on any atom is 0.201 e. The van der Waals surface area contributed by atoms with Crippen LogP contribution in [0.5, 0.6) is 23.0 Å². The number of carbonyl (C=O) groups is 6. The zero-order chi connectivity index (χ0) is 30.0. The second-order valence-corrected chi connectivity index (χ2v) is 10.5. The molecular weight excluding hydrogens is 544 g/mol. The summed E-state index contributed by atoms with van der Waals surface area (Å²) in [5.74, 6) is -4.07. The largest absolute Gasteiger partial charge is 0.497 e. The molecule has 2 unspecified atom stereocenters. The van der Waals surface area contributed by atoms with E-state index in [2.05, 4.69) is 0 Å². The highest BCUT2D eigenvalue weighted by Gasteiger charge is 2.50. The maximum atomic E-state index is 14.1. The Morgan fingerprint density at radius 2 is 0.905 bits per heavy atom. The zero-order valence-corrected chi connectivity index (χ0v) is 23.4. The van der Waals surface area contributed by atoms with Gasteiger partial charge in [0.1, 0.15) is 23.0 Å². The van der Waals surface area contributed by atoms with Gasteiger partial charge in [-0.15, -0.1) is 0 Å². The van der Waals surface area contributed by atoms with Gasteiger partial charge in [-0.3, -0.25) is 28.8 Å². The maximum absolute atomic E-state index is 14.1. The monoisotopic (exact) mass is 570 g/mol. The van der Waals surface area contributed by atoms with Gasteiger partial charge >= 0.3 is 0 Å². The minimum atomic E-state index is -0.761. The number of Topliss-reactive ketones (excluding diaryl/α,β-unsaturated/α-hetero) is 6. The predicted octanol–water partition coefficient (Wildman–Crippen LogP) is 3.73. The molecule has 0 bridgehead atoms. The van der Waals surface area contributed by atoms with Crippen molar-refractivity contribution in [1.82, 2.24) is 0 Å². The van der Waals surface area contributed by atoms with Crippen LogP contribution in [0.1, 0.15) is 67.1 Å². The van der Waals surface area contributed by atoms with E-state index in [9.17, 15) is 28.8 Å². The molecule has 0 amide bonds. The average molecular weight is 571 g/mol. The third-order valence-electron chi connectivity index (χ3n) is 8.64. The normalized spacial score (nSPS) is 21.5. The number of carbonyl (C=O) groups excluding carboxylic acids is 6. The Kier molecular flexibility index (Phi) is 6.44. The fourth-order valence-corrected chi connectivity index (χ4v) is 6.75. The Morgan fingerprint density at radius 3 is 1.24 bits per heavy atom. The Labute approximate surface area is 240 Å². The molecule has 0 aliphatic heterocycles. The van der Waals surface area contributed by atoms with E-state index in [1.807, 2.05) is 0 Å². The molecule has 0 aromatic heterocycles. The standard InChI is InChI=1S/C32H26O10/c1-39-13-9-17-23(21(11-13)41-3)31(37)27-19(33)7-5-15(25(27)29(17)35)16-6-8-20(34)28-26(16)30(36)18-10-14(40-2)12-22(42-4)24(18)32(28)38/h9-12,15-16H,5-8H2,1-4H3. The SMILES string of the molecule is COc1cc(OC)c2c(c1)C(=O)C1=C(C(=O)CCC1C1CCC(=O)C3=C1C(=O)c1cc(OC)cc(OC)c1C3=O)C2=O. The number of ether oxygens (including phenoxy) is 4. The molecular formula is C32H26O10. The quantitative estimate of drug-likeness (QED) is 0.489. The summed E-state index contributed by atoms with van der Waals surface area (Å²) in [7, 11) is 5.52. The van der Waals surface area contributed by atoms with Gasteiger partial charge in [-0.1, -0.05) is 0 Å². The Morgan fingerprint density at radius 1 is 0.524 bits per heavy atom. The highest BCUT2D eigenvalue weighted by molar-refractivity contribution is 6.39. The smallest absolute Gasteiger partial charge is 0.201 e. The summed E-state index contributed by atoms with van der Waals surface area (Å²) in [5, 5.41) is 0. The van der Waals surface area contributed by atoms with Crippen molar-refractivity contribution >= 4 is 34.7 Å². The molecule has 0 N–H and O–H groups in total. The van der Waals surface area contributed by atoms with Gasteiger partial charge in [-0.25, -0.2) is 0 Å². The molecule has 0 heterocycles. The molecule has 0 saturated heterocycles. The van der Waals surface area contributed by atoms with Crippen LogP contribution < -0.4 is 18.9 Å². The van der Waals surface area contributed by atoms with E-state index in [1.54, 1.807) is 0 Å². The molecule has 0 radical (unpaired) electrons. The van der Waals surface area contributed by atoms with Crippen LogP contribution in [-0.4, -0.2) is 63.1 Å². The van der Waals surface area contributed by atoms with Crippen LogP contribution >= 0.6 is 0 Å². The lowest BCUT2D eigenvalue weighted by molar-refractivity contribution is -0.117. The van der Waals surface area contributed by atoms with Gasteiger partial charge in [0.25, 0.3) is 0 Å². The molecule has 4 aliphatic rings. The van der Waals surface area contributed by atoms with E-state index < -0.39 is 46.5 Å². The minimum Gasteiger partial charge on any atom is -0.497 e. The van der Waals surface area contributed by atoms with E-state index in [0.29, 0.717) is 0 Å². The number of methoxy groups -OCH3 is 4. The summed E-state index contributed by atoms with van der Waals surface area (Å²) in [5.41, 5.74) is -0.449. The molecule has 42 heavy (non-hydrogen) atoms. The molecule has 6 rings (SSSR count). The molecule has 0 saturated carbocycles. The Hall–Kier alpha value is -4.86. The molecule has 0 spiro atoms. The first-order valence-corrected chi connectivity index (χ1v) is 13.4. The van der Waals surface area contributed by atoms with E-state index in [-0.39, 0.29) is 93.2 Å². The number of ketones is 6. The highest BCUT2D eigenvalue weighted by atomic mass is 16.5. The lowest BCUT2D eigenvalue weighted by atomic mass is 9.61. The van der Waals surface area contributed by atoms with Crippen molar-refractivity contribution in [2.24, 2.45) is 11.8 Å². The summed E-state index contributed by atoms with van der Waals surface area (Å²) < 4.78 is 21.4. The number of benzene rings is 2. The predicted molar refractivity (Wildman–Crippen MR) is 146 cm³/mol. The molecule has 2 atom stereocenters.